The van der Waals surface area contributed by atoms with E-state index in [9.17, 15) is 4.79 Å². The van der Waals surface area contributed by atoms with Gasteiger partial charge in [-0.05, 0) is 35.4 Å². The third kappa shape index (κ3) is 4.20. The molecule has 0 saturated heterocycles. The second-order valence-corrected chi connectivity index (χ2v) is 7.35. The smallest absolute Gasteiger partial charge is 0.254 e. The number of nitrogens with zero attached hydrogens (tertiary/aromatic N) is 6. The summed E-state index contributed by atoms with van der Waals surface area (Å²) in [5.41, 5.74) is 13.5. The van der Waals surface area contributed by atoms with Crippen LogP contribution in [0.15, 0.2) is 30.5 Å². The number of nitrogens with one attached hydrogen (secondary N) is 2. The first-order valence-electron chi connectivity index (χ1n) is 9.80. The van der Waals surface area contributed by atoms with Crippen molar-refractivity contribution in [1.82, 2.24) is 30.2 Å². The Balaban J connectivity index is 1.61. The molecule has 1 aromatic carbocycles. The summed E-state index contributed by atoms with van der Waals surface area (Å²) in [6.45, 7) is 0. The second kappa shape index (κ2) is 8.41. The van der Waals surface area contributed by atoms with Crippen molar-refractivity contribution in [3.63, 3.8) is 0 Å². The zero-order valence-electron chi connectivity index (χ0n) is 16.6. The molecule has 1 amide bonds. The van der Waals surface area contributed by atoms with Crippen molar-refractivity contribution >= 4 is 23.4 Å². The quantitative estimate of drug-likeness (QED) is 0.469. The summed E-state index contributed by atoms with van der Waals surface area (Å²) in [5, 5.41) is 18.0. The Labute approximate surface area is 173 Å². The molecule has 2 heterocycles. The topological polar surface area (TPSA) is 163 Å². The minimum atomic E-state index is -0.618. The molecular formula is C19H24N10O. The van der Waals surface area contributed by atoms with Gasteiger partial charge in [0.05, 0.1) is 0 Å². The Kier molecular flexibility index (Phi) is 5.53. The van der Waals surface area contributed by atoms with Gasteiger partial charge >= 0.3 is 0 Å². The first-order chi connectivity index (χ1) is 14.5. The van der Waals surface area contributed by atoms with Crippen molar-refractivity contribution in [3.8, 4) is 11.4 Å². The molecule has 3 aromatic rings. The fraction of sp³-hybridized carbons (Fsp3) is 0.368. The molecule has 6 N–H and O–H groups in total. The lowest BCUT2D eigenvalue weighted by Gasteiger charge is -2.29. The van der Waals surface area contributed by atoms with Crippen molar-refractivity contribution in [2.45, 2.75) is 37.8 Å². The fourth-order valence-electron chi connectivity index (χ4n) is 3.58. The molecule has 0 unspecified atom stereocenters. The van der Waals surface area contributed by atoms with E-state index in [1.54, 1.807) is 11.7 Å². The molecule has 2 aromatic heterocycles. The molecule has 0 radical (unpaired) electrons. The SMILES string of the molecule is Cn1nnnc1-c1cccc(Nc2nc(N[C@@H]3CCCC[C@@H]3N)ncc2C(N)=O)c1. The highest BCUT2D eigenvalue weighted by molar-refractivity contribution is 5.98. The molecule has 0 spiro atoms. The largest absolute Gasteiger partial charge is 0.365 e. The molecule has 2 atom stereocenters. The summed E-state index contributed by atoms with van der Waals surface area (Å²) in [4.78, 5) is 20.6. The molecular weight excluding hydrogens is 384 g/mol. The van der Waals surface area contributed by atoms with Crippen LogP contribution in [0, 0.1) is 0 Å². The summed E-state index contributed by atoms with van der Waals surface area (Å²) in [5.74, 6) is 0.716. The van der Waals surface area contributed by atoms with E-state index in [1.807, 2.05) is 24.3 Å². The lowest BCUT2D eigenvalue weighted by atomic mass is 9.91. The molecule has 156 valence electrons. The molecule has 11 heteroatoms. The van der Waals surface area contributed by atoms with Crippen molar-refractivity contribution in [2.24, 2.45) is 18.5 Å². The number of amides is 1. The zero-order chi connectivity index (χ0) is 21.1. The standard InChI is InChI=1S/C19H24N10O/c1-29-18(26-27-28-29)11-5-4-6-12(9-11)23-17-13(16(21)30)10-22-19(25-17)24-15-8-3-2-7-14(15)20/h4-6,9-10,14-15H,2-3,7-8,20H2,1H3,(H2,21,30)(H2,22,23,24,25)/t14-,15+/m0/s1. The number of aromatic nitrogens is 6. The van der Waals surface area contributed by atoms with Crippen LogP contribution in [0.3, 0.4) is 0 Å². The van der Waals surface area contributed by atoms with Crippen molar-refractivity contribution in [1.29, 1.82) is 0 Å². The number of hydrogen-bond acceptors (Lipinski definition) is 9. The van der Waals surface area contributed by atoms with Gasteiger partial charge < -0.3 is 22.1 Å². The first-order valence-corrected chi connectivity index (χ1v) is 9.80. The molecule has 1 aliphatic rings. The van der Waals surface area contributed by atoms with Gasteiger partial charge in [0, 0.05) is 36.6 Å². The van der Waals surface area contributed by atoms with E-state index < -0.39 is 5.91 Å². The van der Waals surface area contributed by atoms with Gasteiger partial charge in [0.25, 0.3) is 5.91 Å². The minimum Gasteiger partial charge on any atom is -0.365 e. The maximum Gasteiger partial charge on any atom is 0.254 e. The summed E-state index contributed by atoms with van der Waals surface area (Å²) >= 11 is 0. The number of hydrogen-bond donors (Lipinski definition) is 4. The van der Waals surface area contributed by atoms with Gasteiger partial charge in [-0.25, -0.2) is 9.67 Å². The Morgan fingerprint density at radius 3 is 2.83 bits per heavy atom. The summed E-state index contributed by atoms with van der Waals surface area (Å²) < 4.78 is 1.58. The van der Waals surface area contributed by atoms with Crippen molar-refractivity contribution in [3.05, 3.63) is 36.0 Å². The lowest BCUT2D eigenvalue weighted by molar-refractivity contribution is 0.100. The van der Waals surface area contributed by atoms with E-state index in [0.717, 1.165) is 31.2 Å². The van der Waals surface area contributed by atoms with Crippen LogP contribution in [0.4, 0.5) is 17.5 Å². The van der Waals surface area contributed by atoms with Crippen LogP contribution in [0.1, 0.15) is 36.0 Å². The highest BCUT2D eigenvalue weighted by Crippen LogP contribution is 2.25. The molecule has 1 fully saturated rings. The summed E-state index contributed by atoms with van der Waals surface area (Å²) in [6, 6.07) is 7.61. The zero-order valence-corrected chi connectivity index (χ0v) is 16.6. The van der Waals surface area contributed by atoms with Crippen LogP contribution in [0.2, 0.25) is 0 Å². The third-order valence-electron chi connectivity index (χ3n) is 5.19. The molecule has 0 aliphatic heterocycles. The van der Waals surface area contributed by atoms with Gasteiger partial charge in [0.1, 0.15) is 11.4 Å². The number of primary amides is 1. The Morgan fingerprint density at radius 1 is 1.27 bits per heavy atom. The number of benzene rings is 1. The van der Waals surface area contributed by atoms with Crippen LogP contribution in [-0.4, -0.2) is 48.2 Å². The van der Waals surface area contributed by atoms with E-state index in [4.69, 9.17) is 11.5 Å². The van der Waals surface area contributed by atoms with Gasteiger partial charge in [0.15, 0.2) is 5.82 Å². The van der Waals surface area contributed by atoms with E-state index >= 15 is 0 Å². The van der Waals surface area contributed by atoms with Gasteiger partial charge in [-0.15, -0.1) is 5.10 Å². The van der Waals surface area contributed by atoms with Crippen LogP contribution < -0.4 is 22.1 Å². The number of anilines is 3. The molecule has 30 heavy (non-hydrogen) atoms. The monoisotopic (exact) mass is 408 g/mol. The number of carbonyl (C=O) groups excluding carboxylic acids is 1. The Bertz CT molecular complexity index is 1050. The Hall–Kier alpha value is -3.60. The van der Waals surface area contributed by atoms with Gasteiger partial charge in [0.2, 0.25) is 5.95 Å². The number of tetrazole rings is 1. The number of carbonyl (C=O) groups is 1. The van der Waals surface area contributed by atoms with Crippen LogP contribution in [0.25, 0.3) is 11.4 Å². The predicted octanol–water partition coefficient (Wildman–Crippen LogP) is 1.19. The summed E-state index contributed by atoms with van der Waals surface area (Å²) in [7, 11) is 1.76. The Morgan fingerprint density at radius 2 is 2.10 bits per heavy atom. The average Bonchev–Trinajstić information content (AvgIpc) is 3.16. The van der Waals surface area contributed by atoms with Gasteiger partial charge in [-0.1, -0.05) is 25.0 Å². The maximum absolute atomic E-state index is 11.9. The fourth-order valence-corrected chi connectivity index (χ4v) is 3.58. The molecule has 1 aliphatic carbocycles. The van der Waals surface area contributed by atoms with Crippen LogP contribution in [0.5, 0.6) is 0 Å². The van der Waals surface area contributed by atoms with Crippen molar-refractivity contribution in [2.75, 3.05) is 10.6 Å². The second-order valence-electron chi connectivity index (χ2n) is 7.35. The van der Waals surface area contributed by atoms with E-state index in [2.05, 4.69) is 36.1 Å². The maximum atomic E-state index is 11.9. The van der Waals surface area contributed by atoms with E-state index in [0.29, 0.717) is 23.3 Å². The highest BCUT2D eigenvalue weighted by Gasteiger charge is 2.23. The number of nitrogens with two attached hydrogens (primary N) is 2. The van der Waals surface area contributed by atoms with Crippen LogP contribution in [-0.2, 0) is 7.05 Å². The average molecular weight is 408 g/mol. The molecule has 0 bridgehead atoms. The molecule has 1 saturated carbocycles. The van der Waals surface area contributed by atoms with E-state index in [-0.39, 0.29) is 17.6 Å². The lowest BCUT2D eigenvalue weighted by Crippen LogP contribution is -2.43. The van der Waals surface area contributed by atoms with Gasteiger partial charge in [-0.3, -0.25) is 4.79 Å². The normalized spacial score (nSPS) is 18.7. The number of aryl methyl sites for hydroxylation is 1. The summed E-state index contributed by atoms with van der Waals surface area (Å²) in [6.07, 6.45) is 5.58. The first kappa shape index (κ1) is 19.7. The molecule has 11 nitrogen and oxygen atoms in total. The minimum absolute atomic E-state index is 0.0475. The van der Waals surface area contributed by atoms with Crippen LogP contribution >= 0.6 is 0 Å². The predicted molar refractivity (Wildman–Crippen MR) is 112 cm³/mol. The van der Waals surface area contributed by atoms with E-state index in [1.165, 1.54) is 6.20 Å². The third-order valence-corrected chi connectivity index (χ3v) is 5.19. The van der Waals surface area contributed by atoms with Crippen molar-refractivity contribution < 1.29 is 4.79 Å². The van der Waals surface area contributed by atoms with Gasteiger partial charge in [-0.2, -0.15) is 4.98 Å². The number of rotatable bonds is 6. The molecule has 4 rings (SSSR count). The highest BCUT2D eigenvalue weighted by atomic mass is 16.1.